The van der Waals surface area contributed by atoms with Crippen molar-refractivity contribution in [2.75, 3.05) is 6.26 Å². The van der Waals surface area contributed by atoms with Crippen molar-refractivity contribution in [2.24, 2.45) is 21.9 Å². The van der Waals surface area contributed by atoms with Gasteiger partial charge in [0.25, 0.3) is 0 Å². The fourth-order valence-corrected chi connectivity index (χ4v) is 1.96. The number of nitrogens with two attached hydrogens (primary N) is 1. The Morgan fingerprint density at radius 3 is 3.00 bits per heavy atom. The van der Waals surface area contributed by atoms with Crippen molar-refractivity contribution in [1.29, 1.82) is 0 Å². The summed E-state index contributed by atoms with van der Waals surface area (Å²) < 4.78 is 0. The van der Waals surface area contributed by atoms with Crippen molar-refractivity contribution < 1.29 is 5.11 Å². The van der Waals surface area contributed by atoms with E-state index >= 15 is 0 Å². The minimum Gasteiger partial charge on any atom is -0.507 e. The van der Waals surface area contributed by atoms with Gasteiger partial charge in [-0.15, -0.1) is 16.9 Å². The lowest BCUT2D eigenvalue weighted by Gasteiger charge is -2.19. The van der Waals surface area contributed by atoms with Gasteiger partial charge in [-0.25, -0.2) is 0 Å². The Kier molecular flexibility index (Phi) is 6.07. The first kappa shape index (κ1) is 15.4. The lowest BCUT2D eigenvalue weighted by molar-refractivity contribution is 0.409. The molecule has 1 rings (SSSR count). The largest absolute Gasteiger partial charge is 0.507 e. The van der Waals surface area contributed by atoms with E-state index in [9.17, 15) is 5.11 Å². The van der Waals surface area contributed by atoms with Crippen LogP contribution in [0, 0.1) is 5.92 Å². The number of hydrogen-bond acceptors (Lipinski definition) is 5. The molecule has 0 aliphatic heterocycles. The molecule has 3 unspecified atom stereocenters. The van der Waals surface area contributed by atoms with E-state index in [4.69, 9.17) is 29.6 Å². The normalized spacial score (nSPS) is 25.6. The number of aliphatic hydroxyl groups is 1. The predicted molar refractivity (Wildman–Crippen MR) is 79.7 cm³/mol. The Morgan fingerprint density at radius 2 is 2.39 bits per heavy atom. The quantitative estimate of drug-likeness (QED) is 0.424. The highest BCUT2D eigenvalue weighted by Gasteiger charge is 2.23. The summed E-state index contributed by atoms with van der Waals surface area (Å²) in [7, 11) is 0. The molecule has 0 saturated carbocycles. The molecular formula is C10H15ClN4OS2. The van der Waals surface area contributed by atoms with Gasteiger partial charge in [0, 0.05) is 5.92 Å². The molecule has 0 aromatic carbocycles. The van der Waals surface area contributed by atoms with Gasteiger partial charge in [-0.3, -0.25) is 0 Å². The number of halogens is 1. The summed E-state index contributed by atoms with van der Waals surface area (Å²) in [6.45, 7) is 1.86. The number of aliphatic hydroxyl groups excluding tert-OH is 1. The molecule has 0 aromatic rings. The SMILES string of the molecule is CSC(N)NC(=S)N=NC1C=CC(O)=C(Cl)C1C. The summed E-state index contributed by atoms with van der Waals surface area (Å²) >= 11 is 12.3. The van der Waals surface area contributed by atoms with Gasteiger partial charge >= 0.3 is 0 Å². The van der Waals surface area contributed by atoms with E-state index in [1.165, 1.54) is 17.8 Å². The minimum atomic E-state index is -0.303. The van der Waals surface area contributed by atoms with E-state index in [1.807, 2.05) is 13.2 Å². The van der Waals surface area contributed by atoms with Crippen LogP contribution in [-0.4, -0.2) is 28.0 Å². The van der Waals surface area contributed by atoms with Crippen molar-refractivity contribution in [1.82, 2.24) is 5.32 Å². The number of nitrogens with zero attached hydrogens (tertiary/aromatic N) is 2. The highest BCUT2D eigenvalue weighted by Crippen LogP contribution is 2.29. The highest BCUT2D eigenvalue weighted by atomic mass is 35.5. The summed E-state index contributed by atoms with van der Waals surface area (Å²) in [5.74, 6) is -0.0573. The fraction of sp³-hybridized carbons (Fsp3) is 0.500. The number of nitrogens with one attached hydrogen (secondary N) is 1. The zero-order valence-electron chi connectivity index (χ0n) is 10.0. The first-order valence-electron chi connectivity index (χ1n) is 5.22. The number of hydrogen-bond donors (Lipinski definition) is 3. The van der Waals surface area contributed by atoms with Gasteiger partial charge in [-0.05, 0) is 24.5 Å². The molecule has 5 nitrogen and oxygen atoms in total. The van der Waals surface area contributed by atoms with Crippen LogP contribution in [0.4, 0.5) is 0 Å². The molecule has 0 heterocycles. The number of allylic oxidation sites excluding steroid dienone is 1. The third-order valence-corrected chi connectivity index (χ3v) is 3.77. The first-order chi connectivity index (χ1) is 8.45. The van der Waals surface area contributed by atoms with Crippen LogP contribution < -0.4 is 11.1 Å². The fourth-order valence-electron chi connectivity index (χ4n) is 1.29. The molecule has 0 spiro atoms. The molecule has 4 N–H and O–H groups in total. The maximum atomic E-state index is 9.43. The van der Waals surface area contributed by atoms with Crippen LogP contribution in [0.3, 0.4) is 0 Å². The van der Waals surface area contributed by atoms with Crippen LogP contribution in [0.2, 0.25) is 0 Å². The molecular weight excluding hydrogens is 292 g/mol. The number of rotatable bonds is 3. The smallest absolute Gasteiger partial charge is 0.215 e. The number of azo groups is 1. The number of thioether (sulfide) groups is 1. The lowest BCUT2D eigenvalue weighted by Crippen LogP contribution is -2.36. The standard InChI is InChI=1S/C10H15ClN4OS2/c1-5-6(3-4-7(16)8(5)11)14-15-10(17)13-9(12)18-2/h3-6,9,16H,12H2,1-2H3,(H,13,17). The summed E-state index contributed by atoms with van der Waals surface area (Å²) in [6, 6.07) is -0.237. The van der Waals surface area contributed by atoms with Crippen LogP contribution >= 0.6 is 35.6 Å². The van der Waals surface area contributed by atoms with Gasteiger partial charge in [-0.2, -0.15) is 5.11 Å². The van der Waals surface area contributed by atoms with Crippen molar-refractivity contribution in [3.05, 3.63) is 22.9 Å². The van der Waals surface area contributed by atoms with Gasteiger partial charge < -0.3 is 16.2 Å². The van der Waals surface area contributed by atoms with E-state index in [1.54, 1.807) is 6.08 Å². The van der Waals surface area contributed by atoms with E-state index in [2.05, 4.69) is 15.5 Å². The van der Waals surface area contributed by atoms with Gasteiger partial charge in [0.15, 0.2) is 0 Å². The van der Waals surface area contributed by atoms with Crippen molar-refractivity contribution in [3.8, 4) is 0 Å². The van der Waals surface area contributed by atoms with Crippen LogP contribution in [0.25, 0.3) is 0 Å². The summed E-state index contributed by atoms with van der Waals surface area (Å²) in [6.07, 6.45) is 5.10. The van der Waals surface area contributed by atoms with Crippen molar-refractivity contribution >= 4 is 40.7 Å². The molecule has 3 atom stereocenters. The van der Waals surface area contributed by atoms with E-state index in [0.29, 0.717) is 5.03 Å². The minimum absolute atomic E-state index is 0.0701. The Labute approximate surface area is 121 Å². The molecule has 0 radical (unpaired) electrons. The molecule has 0 amide bonds. The Morgan fingerprint density at radius 1 is 1.72 bits per heavy atom. The Balaban J connectivity index is 2.59. The topological polar surface area (TPSA) is 83.0 Å². The van der Waals surface area contributed by atoms with Crippen LogP contribution in [0.15, 0.2) is 33.2 Å². The van der Waals surface area contributed by atoms with Crippen molar-refractivity contribution in [3.63, 3.8) is 0 Å². The van der Waals surface area contributed by atoms with Crippen molar-refractivity contribution in [2.45, 2.75) is 18.5 Å². The van der Waals surface area contributed by atoms with Gasteiger partial charge in [0.1, 0.15) is 11.3 Å². The molecule has 8 heteroatoms. The molecule has 18 heavy (non-hydrogen) atoms. The maximum absolute atomic E-state index is 9.43. The molecule has 0 aromatic heterocycles. The first-order valence-corrected chi connectivity index (χ1v) is 7.29. The monoisotopic (exact) mass is 306 g/mol. The van der Waals surface area contributed by atoms with E-state index in [0.717, 1.165) is 0 Å². The van der Waals surface area contributed by atoms with Gasteiger partial charge in [0.2, 0.25) is 5.11 Å². The van der Waals surface area contributed by atoms with Gasteiger partial charge in [0.05, 0.1) is 11.1 Å². The van der Waals surface area contributed by atoms with Crippen LogP contribution in [0.1, 0.15) is 6.92 Å². The molecule has 1 aliphatic rings. The summed E-state index contributed by atoms with van der Waals surface area (Å²) in [4.78, 5) is 0. The Hall–Kier alpha value is -0.630. The molecule has 0 fully saturated rings. The highest BCUT2D eigenvalue weighted by molar-refractivity contribution is 7.99. The zero-order valence-corrected chi connectivity index (χ0v) is 12.4. The molecule has 100 valence electrons. The maximum Gasteiger partial charge on any atom is 0.215 e. The molecule has 0 bridgehead atoms. The summed E-state index contributed by atoms with van der Waals surface area (Å²) in [5.41, 5.74) is 5.33. The average molecular weight is 307 g/mol. The zero-order chi connectivity index (χ0) is 13.7. The average Bonchev–Trinajstić information content (AvgIpc) is 2.35. The third kappa shape index (κ3) is 4.24. The second-order valence-corrected chi connectivity index (χ2v) is 5.47. The number of thiocarbonyl (C=S) groups is 1. The molecule has 1 aliphatic carbocycles. The summed E-state index contributed by atoms with van der Waals surface area (Å²) in [5, 5.41) is 20.8. The van der Waals surface area contributed by atoms with Crippen LogP contribution in [0.5, 0.6) is 0 Å². The third-order valence-electron chi connectivity index (χ3n) is 2.41. The van der Waals surface area contributed by atoms with Gasteiger partial charge in [-0.1, -0.05) is 24.6 Å². The molecule has 0 saturated heterocycles. The second kappa shape index (κ2) is 7.08. The Bertz CT molecular complexity index is 411. The second-order valence-electron chi connectivity index (χ2n) is 3.69. The predicted octanol–water partition coefficient (Wildman–Crippen LogP) is 2.50. The van der Waals surface area contributed by atoms with Crippen LogP contribution in [-0.2, 0) is 0 Å². The van der Waals surface area contributed by atoms with E-state index < -0.39 is 0 Å². The van der Waals surface area contributed by atoms with E-state index in [-0.39, 0.29) is 28.3 Å². The lowest BCUT2D eigenvalue weighted by atomic mass is 9.97.